The topological polar surface area (TPSA) is 9.23 Å². The molecule has 1 aromatic carbocycles. The summed E-state index contributed by atoms with van der Waals surface area (Å²) in [6.07, 6.45) is 0. The molecule has 90 valence electrons. The molecule has 0 saturated carbocycles. The van der Waals surface area contributed by atoms with Gasteiger partial charge in [0, 0.05) is 5.56 Å². The van der Waals surface area contributed by atoms with Crippen molar-refractivity contribution >= 4 is 27.3 Å². The fourth-order valence-corrected chi connectivity index (χ4v) is 3.27. The Kier molecular flexibility index (Phi) is 3.79. The number of thiophene rings is 1. The van der Waals surface area contributed by atoms with Crippen LogP contribution < -0.4 is 4.74 Å². The van der Waals surface area contributed by atoms with Crippen LogP contribution in [0.1, 0.15) is 15.3 Å². The molecule has 0 amide bonds. The Balaban J connectivity index is 2.43. The molecule has 0 saturated heterocycles. The van der Waals surface area contributed by atoms with Crippen molar-refractivity contribution in [1.82, 2.24) is 0 Å². The third kappa shape index (κ3) is 2.50. The highest BCUT2D eigenvalue weighted by Gasteiger charge is 2.20. The Labute approximate surface area is 110 Å². The van der Waals surface area contributed by atoms with E-state index in [9.17, 15) is 8.78 Å². The van der Waals surface area contributed by atoms with E-state index in [-0.39, 0.29) is 5.56 Å². The largest absolute Gasteiger partial charge is 0.496 e. The molecule has 1 nitrogen and oxygen atoms in total. The van der Waals surface area contributed by atoms with Gasteiger partial charge in [-0.1, -0.05) is 15.9 Å². The van der Waals surface area contributed by atoms with E-state index in [0.29, 0.717) is 5.75 Å². The number of ether oxygens (including phenoxy) is 1. The molecule has 1 aromatic heterocycles. The molecule has 0 radical (unpaired) electrons. The first-order chi connectivity index (χ1) is 8.13. The second-order valence-electron chi connectivity index (χ2n) is 3.38. The van der Waals surface area contributed by atoms with E-state index in [0.717, 1.165) is 17.0 Å². The Hall–Kier alpha value is -0.940. The summed E-state index contributed by atoms with van der Waals surface area (Å²) in [5.41, 5.74) is 0.269. The Morgan fingerprint density at radius 3 is 2.76 bits per heavy atom. The van der Waals surface area contributed by atoms with Crippen LogP contribution in [0.15, 0.2) is 29.6 Å². The summed E-state index contributed by atoms with van der Waals surface area (Å²) < 4.78 is 31.9. The fraction of sp³-hybridized carbons (Fsp3) is 0.167. The van der Waals surface area contributed by atoms with E-state index in [1.165, 1.54) is 17.4 Å². The van der Waals surface area contributed by atoms with E-state index < -0.39 is 16.5 Å². The summed E-state index contributed by atoms with van der Waals surface area (Å²) in [6.45, 7) is 0. The first-order valence-electron chi connectivity index (χ1n) is 4.84. The van der Waals surface area contributed by atoms with Crippen LogP contribution in [0.3, 0.4) is 0 Å². The maximum absolute atomic E-state index is 13.6. The monoisotopic (exact) mass is 318 g/mol. The number of methoxy groups -OCH3 is 1. The van der Waals surface area contributed by atoms with Crippen molar-refractivity contribution in [2.45, 2.75) is 4.83 Å². The van der Waals surface area contributed by atoms with Crippen LogP contribution >= 0.6 is 27.3 Å². The van der Waals surface area contributed by atoms with Crippen molar-refractivity contribution in [3.8, 4) is 5.75 Å². The van der Waals surface area contributed by atoms with Gasteiger partial charge in [-0.3, -0.25) is 0 Å². The van der Waals surface area contributed by atoms with E-state index in [2.05, 4.69) is 15.9 Å². The Bertz CT molecular complexity index is 527. The highest BCUT2D eigenvalue weighted by molar-refractivity contribution is 9.09. The lowest BCUT2D eigenvalue weighted by atomic mass is 10.1. The van der Waals surface area contributed by atoms with E-state index in [4.69, 9.17) is 4.74 Å². The van der Waals surface area contributed by atoms with Crippen molar-refractivity contribution in [3.63, 3.8) is 0 Å². The van der Waals surface area contributed by atoms with Crippen LogP contribution in [0.2, 0.25) is 0 Å². The van der Waals surface area contributed by atoms with Gasteiger partial charge in [-0.2, -0.15) is 0 Å². The molecular formula is C12H9BrF2OS. The first-order valence-corrected chi connectivity index (χ1v) is 6.63. The third-order valence-electron chi connectivity index (χ3n) is 2.34. The highest BCUT2D eigenvalue weighted by atomic mass is 79.9. The molecule has 0 aliphatic carbocycles. The molecule has 17 heavy (non-hydrogen) atoms. The van der Waals surface area contributed by atoms with Crippen molar-refractivity contribution in [2.75, 3.05) is 7.11 Å². The summed E-state index contributed by atoms with van der Waals surface area (Å²) in [5.74, 6) is -0.231. The van der Waals surface area contributed by atoms with E-state index in [1.807, 2.05) is 5.38 Å². The SMILES string of the molecule is COc1ccsc1C(Br)c1cc(F)ccc1F. The van der Waals surface area contributed by atoms with E-state index in [1.54, 1.807) is 13.2 Å². The van der Waals surface area contributed by atoms with Crippen LogP contribution in [0.4, 0.5) is 8.78 Å². The van der Waals surface area contributed by atoms with Crippen LogP contribution in [-0.4, -0.2) is 7.11 Å². The molecule has 0 N–H and O–H groups in total. The van der Waals surface area contributed by atoms with Gasteiger partial charge in [0.05, 0.1) is 16.8 Å². The van der Waals surface area contributed by atoms with Crippen LogP contribution in [0.25, 0.3) is 0 Å². The summed E-state index contributed by atoms with van der Waals surface area (Å²) in [4.78, 5) is 0.408. The Morgan fingerprint density at radius 1 is 1.29 bits per heavy atom. The van der Waals surface area contributed by atoms with E-state index >= 15 is 0 Å². The maximum Gasteiger partial charge on any atom is 0.134 e. The minimum absolute atomic E-state index is 0.269. The molecule has 1 atom stereocenters. The summed E-state index contributed by atoms with van der Waals surface area (Å²) in [6, 6.07) is 5.21. The van der Waals surface area contributed by atoms with Gasteiger partial charge in [0.2, 0.25) is 0 Å². The fourth-order valence-electron chi connectivity index (χ4n) is 1.51. The first kappa shape index (κ1) is 12.5. The number of halogens is 3. The number of hydrogen-bond acceptors (Lipinski definition) is 2. The molecule has 1 unspecified atom stereocenters. The van der Waals surface area contributed by atoms with Gasteiger partial charge in [-0.05, 0) is 29.6 Å². The second kappa shape index (κ2) is 5.14. The summed E-state index contributed by atoms with van der Waals surface area (Å²) >= 11 is 4.80. The highest BCUT2D eigenvalue weighted by Crippen LogP contribution is 2.41. The summed E-state index contributed by atoms with van der Waals surface area (Å²) in [5, 5.41) is 1.85. The average molecular weight is 319 g/mol. The molecule has 0 aliphatic rings. The molecule has 2 aromatic rings. The molecular weight excluding hydrogens is 310 g/mol. The predicted molar refractivity (Wildman–Crippen MR) is 68.0 cm³/mol. The standard InChI is InChI=1S/C12H9BrF2OS/c1-16-10-4-5-17-12(10)11(13)8-6-7(14)2-3-9(8)15/h2-6,11H,1H3. The van der Waals surface area contributed by atoms with Crippen molar-refractivity contribution in [3.05, 3.63) is 51.7 Å². The Morgan fingerprint density at radius 2 is 2.06 bits per heavy atom. The predicted octanol–water partition coefficient (Wildman–Crippen LogP) is 4.52. The van der Waals surface area contributed by atoms with Crippen molar-refractivity contribution < 1.29 is 13.5 Å². The van der Waals surface area contributed by atoms with Crippen molar-refractivity contribution in [1.29, 1.82) is 0 Å². The minimum Gasteiger partial charge on any atom is -0.496 e. The van der Waals surface area contributed by atoms with Gasteiger partial charge in [0.15, 0.2) is 0 Å². The molecule has 0 fully saturated rings. The van der Waals surface area contributed by atoms with Crippen molar-refractivity contribution in [2.24, 2.45) is 0 Å². The number of rotatable bonds is 3. The smallest absolute Gasteiger partial charge is 0.134 e. The van der Waals surface area contributed by atoms with Gasteiger partial charge in [0.1, 0.15) is 17.4 Å². The van der Waals surface area contributed by atoms with Gasteiger partial charge in [-0.15, -0.1) is 11.3 Å². The maximum atomic E-state index is 13.6. The zero-order valence-corrected chi connectivity index (χ0v) is 11.3. The molecule has 5 heteroatoms. The molecule has 0 spiro atoms. The lowest BCUT2D eigenvalue weighted by Gasteiger charge is -2.11. The number of alkyl halides is 1. The lowest BCUT2D eigenvalue weighted by molar-refractivity contribution is 0.413. The van der Waals surface area contributed by atoms with Crippen LogP contribution in [-0.2, 0) is 0 Å². The van der Waals surface area contributed by atoms with Gasteiger partial charge >= 0.3 is 0 Å². The molecule has 0 bridgehead atoms. The number of benzene rings is 1. The normalized spacial score (nSPS) is 12.5. The number of hydrogen-bond donors (Lipinski definition) is 0. The molecule has 0 aliphatic heterocycles. The quantitative estimate of drug-likeness (QED) is 0.756. The lowest BCUT2D eigenvalue weighted by Crippen LogP contribution is -1.97. The zero-order chi connectivity index (χ0) is 12.4. The third-order valence-corrected chi connectivity index (χ3v) is 4.56. The van der Waals surface area contributed by atoms with Crippen LogP contribution in [0.5, 0.6) is 5.75 Å². The average Bonchev–Trinajstić information content (AvgIpc) is 2.79. The van der Waals surface area contributed by atoms with Crippen LogP contribution in [0, 0.1) is 11.6 Å². The van der Waals surface area contributed by atoms with Gasteiger partial charge < -0.3 is 4.74 Å². The molecule has 1 heterocycles. The second-order valence-corrected chi connectivity index (χ2v) is 5.24. The zero-order valence-electron chi connectivity index (χ0n) is 8.91. The minimum atomic E-state index is -0.457. The summed E-state index contributed by atoms with van der Waals surface area (Å²) in [7, 11) is 1.55. The molecule has 2 rings (SSSR count). The van der Waals surface area contributed by atoms with Gasteiger partial charge in [0.25, 0.3) is 0 Å². The van der Waals surface area contributed by atoms with Gasteiger partial charge in [-0.25, -0.2) is 8.78 Å².